The molecule has 1 saturated carbocycles. The van der Waals surface area contributed by atoms with Crippen LogP contribution in [0.25, 0.3) is 0 Å². The third kappa shape index (κ3) is 2.55. The number of fused-ring (bicyclic) bond motifs is 1. The molecule has 1 saturated heterocycles. The quantitative estimate of drug-likeness (QED) is 0.671. The first-order valence-corrected chi connectivity index (χ1v) is 7.61. The van der Waals surface area contributed by atoms with Gasteiger partial charge in [0.25, 0.3) is 0 Å². The lowest BCUT2D eigenvalue weighted by Gasteiger charge is -2.60. The molecule has 4 atom stereocenters. The number of carboxylic acids is 1. The van der Waals surface area contributed by atoms with Crippen molar-refractivity contribution in [2.24, 2.45) is 23.0 Å². The highest BCUT2D eigenvalue weighted by atomic mass is 16.5. The number of nitrogens with two attached hydrogens (primary N) is 1. The number of nitrogens with one attached hydrogen (secondary N) is 1. The van der Waals surface area contributed by atoms with E-state index in [1.807, 2.05) is 20.8 Å². The minimum Gasteiger partial charge on any atom is -0.481 e. The molecule has 0 aromatic rings. The molecule has 1 aliphatic heterocycles. The molecule has 0 aromatic heterocycles. The molecule has 1 heterocycles. The fourth-order valence-electron chi connectivity index (χ4n) is 3.73. The van der Waals surface area contributed by atoms with Crippen molar-refractivity contribution in [3.63, 3.8) is 0 Å². The molecule has 4 unspecified atom stereocenters. The summed E-state index contributed by atoms with van der Waals surface area (Å²) in [5.74, 6) is -0.745. The van der Waals surface area contributed by atoms with E-state index in [4.69, 9.17) is 15.6 Å². The molecule has 6 nitrogen and oxygen atoms in total. The van der Waals surface area contributed by atoms with E-state index in [1.165, 1.54) is 0 Å². The van der Waals surface area contributed by atoms with Gasteiger partial charge in [0.1, 0.15) is 5.54 Å². The van der Waals surface area contributed by atoms with Gasteiger partial charge in [-0.2, -0.15) is 0 Å². The Balaban J connectivity index is 1.90. The highest BCUT2D eigenvalue weighted by molar-refractivity contribution is 5.89. The zero-order chi connectivity index (χ0) is 15.8. The SMILES string of the molecule is CC(CCC(=O)O)CNC(=O)C1(N)C2CCOC2C1(C)C. The van der Waals surface area contributed by atoms with Crippen molar-refractivity contribution in [2.75, 3.05) is 13.2 Å². The van der Waals surface area contributed by atoms with Gasteiger partial charge in [0.15, 0.2) is 0 Å². The van der Waals surface area contributed by atoms with Gasteiger partial charge in [-0.15, -0.1) is 0 Å². The average Bonchev–Trinajstić information content (AvgIpc) is 2.89. The summed E-state index contributed by atoms with van der Waals surface area (Å²) in [5, 5.41) is 11.6. The van der Waals surface area contributed by atoms with E-state index < -0.39 is 11.5 Å². The second-order valence-corrected chi connectivity index (χ2v) is 7.02. The van der Waals surface area contributed by atoms with Crippen LogP contribution in [0.5, 0.6) is 0 Å². The summed E-state index contributed by atoms with van der Waals surface area (Å²) in [7, 11) is 0. The van der Waals surface area contributed by atoms with E-state index in [-0.39, 0.29) is 35.7 Å². The third-order valence-corrected chi connectivity index (χ3v) is 5.29. The molecule has 0 radical (unpaired) electrons. The highest BCUT2D eigenvalue weighted by Crippen LogP contribution is 2.58. The summed E-state index contributed by atoms with van der Waals surface area (Å²) in [4.78, 5) is 23.1. The van der Waals surface area contributed by atoms with Crippen molar-refractivity contribution in [2.45, 2.75) is 51.7 Å². The molecule has 4 N–H and O–H groups in total. The Kier molecular flexibility index (Phi) is 4.31. The van der Waals surface area contributed by atoms with Crippen LogP contribution in [-0.4, -0.2) is 41.8 Å². The minimum atomic E-state index is -0.888. The van der Waals surface area contributed by atoms with Crippen molar-refractivity contribution in [1.82, 2.24) is 5.32 Å². The van der Waals surface area contributed by atoms with Gasteiger partial charge in [-0.25, -0.2) is 0 Å². The molecule has 1 amide bonds. The second-order valence-electron chi connectivity index (χ2n) is 7.02. The first-order valence-electron chi connectivity index (χ1n) is 7.61. The molecule has 6 heteroatoms. The van der Waals surface area contributed by atoms with Crippen LogP contribution in [0.3, 0.4) is 0 Å². The van der Waals surface area contributed by atoms with Gasteiger partial charge in [-0.1, -0.05) is 20.8 Å². The lowest BCUT2D eigenvalue weighted by molar-refractivity contribution is -0.175. The number of carbonyl (C=O) groups is 2. The molecule has 21 heavy (non-hydrogen) atoms. The van der Waals surface area contributed by atoms with Crippen molar-refractivity contribution in [3.05, 3.63) is 0 Å². The number of hydrogen-bond acceptors (Lipinski definition) is 4. The predicted molar refractivity (Wildman–Crippen MR) is 77.6 cm³/mol. The molecule has 0 spiro atoms. The summed E-state index contributed by atoms with van der Waals surface area (Å²) in [6.07, 6.45) is 1.56. The molecule has 2 fully saturated rings. The van der Waals surface area contributed by atoms with Crippen molar-refractivity contribution in [3.8, 4) is 0 Å². The van der Waals surface area contributed by atoms with Crippen LogP contribution in [-0.2, 0) is 14.3 Å². The number of carboxylic acid groups (broad SMARTS) is 1. The Morgan fingerprint density at radius 3 is 2.76 bits per heavy atom. The lowest BCUT2D eigenvalue weighted by Crippen LogP contribution is -2.80. The van der Waals surface area contributed by atoms with Gasteiger partial charge >= 0.3 is 5.97 Å². The zero-order valence-corrected chi connectivity index (χ0v) is 13.0. The maximum atomic E-state index is 12.5. The van der Waals surface area contributed by atoms with Gasteiger partial charge in [0, 0.05) is 30.9 Å². The number of rotatable bonds is 6. The Morgan fingerprint density at radius 2 is 2.14 bits per heavy atom. The van der Waals surface area contributed by atoms with Crippen LogP contribution >= 0.6 is 0 Å². The largest absolute Gasteiger partial charge is 0.481 e. The molecule has 0 aromatic carbocycles. The molecule has 0 bridgehead atoms. The lowest BCUT2D eigenvalue weighted by atomic mass is 9.48. The maximum absolute atomic E-state index is 12.5. The van der Waals surface area contributed by atoms with E-state index in [0.717, 1.165) is 6.42 Å². The van der Waals surface area contributed by atoms with Gasteiger partial charge in [0.2, 0.25) is 5.91 Å². The topological polar surface area (TPSA) is 102 Å². The predicted octanol–water partition coefficient (Wildman–Crippen LogP) is 0.746. The number of carbonyl (C=O) groups excluding carboxylic acids is 1. The molecule has 1 aliphatic carbocycles. The van der Waals surface area contributed by atoms with E-state index in [0.29, 0.717) is 19.6 Å². The minimum absolute atomic E-state index is 0.0673. The molecular formula is C15H26N2O4. The molecule has 2 rings (SSSR count). The maximum Gasteiger partial charge on any atom is 0.303 e. The van der Waals surface area contributed by atoms with Gasteiger partial charge in [-0.3, -0.25) is 9.59 Å². The number of amides is 1. The Bertz CT molecular complexity index is 437. The zero-order valence-electron chi connectivity index (χ0n) is 13.0. The summed E-state index contributed by atoms with van der Waals surface area (Å²) >= 11 is 0. The summed E-state index contributed by atoms with van der Waals surface area (Å²) < 4.78 is 5.68. The van der Waals surface area contributed by atoms with Crippen molar-refractivity contribution in [1.29, 1.82) is 0 Å². The van der Waals surface area contributed by atoms with Crippen LogP contribution in [0.4, 0.5) is 0 Å². The monoisotopic (exact) mass is 298 g/mol. The van der Waals surface area contributed by atoms with E-state index in [2.05, 4.69) is 5.32 Å². The Morgan fingerprint density at radius 1 is 1.48 bits per heavy atom. The summed E-state index contributed by atoms with van der Waals surface area (Å²) in [6, 6.07) is 0. The van der Waals surface area contributed by atoms with Crippen LogP contribution in [0.2, 0.25) is 0 Å². The van der Waals surface area contributed by atoms with Crippen LogP contribution in [0, 0.1) is 17.3 Å². The highest BCUT2D eigenvalue weighted by Gasteiger charge is 2.71. The standard InChI is InChI=1S/C15H26N2O4/c1-9(4-5-11(18)19)8-17-13(20)15(16)10-6-7-21-12(10)14(15,2)3/h9-10,12H,4-8,16H2,1-3H3,(H,17,20)(H,18,19). The number of ether oxygens (including phenoxy) is 1. The van der Waals surface area contributed by atoms with E-state index >= 15 is 0 Å². The first-order chi connectivity index (χ1) is 9.71. The van der Waals surface area contributed by atoms with Gasteiger partial charge in [-0.05, 0) is 18.8 Å². The molecular weight excluding hydrogens is 272 g/mol. The molecule has 120 valence electrons. The van der Waals surface area contributed by atoms with Crippen LogP contribution in [0.1, 0.15) is 40.0 Å². The fourth-order valence-corrected chi connectivity index (χ4v) is 3.73. The van der Waals surface area contributed by atoms with Crippen molar-refractivity contribution >= 4 is 11.9 Å². The smallest absolute Gasteiger partial charge is 0.303 e. The van der Waals surface area contributed by atoms with Crippen molar-refractivity contribution < 1.29 is 19.4 Å². The molecule has 2 aliphatic rings. The number of aliphatic carboxylic acids is 1. The van der Waals surface area contributed by atoms with E-state index in [9.17, 15) is 9.59 Å². The second kappa shape index (κ2) is 5.57. The Hall–Kier alpha value is -1.14. The third-order valence-electron chi connectivity index (χ3n) is 5.29. The Labute approximate surface area is 125 Å². The summed E-state index contributed by atoms with van der Waals surface area (Å²) in [5.41, 5.74) is 5.17. The normalized spacial score (nSPS) is 34.7. The van der Waals surface area contributed by atoms with Gasteiger partial charge < -0.3 is 20.9 Å². The van der Waals surface area contributed by atoms with E-state index in [1.54, 1.807) is 0 Å². The van der Waals surface area contributed by atoms with Gasteiger partial charge in [0.05, 0.1) is 6.10 Å². The van der Waals surface area contributed by atoms with Crippen LogP contribution in [0.15, 0.2) is 0 Å². The summed E-state index contributed by atoms with van der Waals surface area (Å²) in [6.45, 7) is 7.01. The average molecular weight is 298 g/mol. The number of hydrogen-bond donors (Lipinski definition) is 3. The fraction of sp³-hybridized carbons (Fsp3) is 0.867. The first kappa shape index (κ1) is 16.2. The van der Waals surface area contributed by atoms with Crippen LogP contribution < -0.4 is 11.1 Å².